The lowest BCUT2D eigenvalue weighted by atomic mass is 9.89. The molecule has 0 radical (unpaired) electrons. The summed E-state index contributed by atoms with van der Waals surface area (Å²) in [4.78, 5) is 10.6. The summed E-state index contributed by atoms with van der Waals surface area (Å²) in [6.07, 6.45) is 5.30. The van der Waals surface area contributed by atoms with E-state index >= 15 is 0 Å². The van der Waals surface area contributed by atoms with Gasteiger partial charge >= 0.3 is 0 Å². The van der Waals surface area contributed by atoms with Crippen molar-refractivity contribution in [3.8, 4) is 17.1 Å². The summed E-state index contributed by atoms with van der Waals surface area (Å²) in [6, 6.07) is 14.7. The lowest BCUT2D eigenvalue weighted by Crippen LogP contribution is -2.32. The SMILES string of the molecule is Clc1cccc(C2CCN(Cc3cnc(-c4ccc5c(c4)CCO5)[nH]3)CC2)c1. The molecule has 5 rings (SSSR count). The van der Waals surface area contributed by atoms with Gasteiger partial charge in [-0.1, -0.05) is 23.7 Å². The van der Waals surface area contributed by atoms with Gasteiger partial charge in [0.25, 0.3) is 0 Å². The number of rotatable bonds is 4. The second-order valence-electron chi connectivity index (χ2n) is 7.78. The normalized spacial score (nSPS) is 17.5. The zero-order valence-corrected chi connectivity index (χ0v) is 16.6. The first-order valence-corrected chi connectivity index (χ1v) is 10.4. The first-order chi connectivity index (χ1) is 13.7. The van der Waals surface area contributed by atoms with Gasteiger partial charge < -0.3 is 9.72 Å². The van der Waals surface area contributed by atoms with Gasteiger partial charge in [0.15, 0.2) is 0 Å². The third-order valence-electron chi connectivity index (χ3n) is 5.89. The first kappa shape index (κ1) is 17.8. The maximum atomic E-state index is 6.16. The number of likely N-dealkylation sites (tertiary alicyclic amines) is 1. The van der Waals surface area contributed by atoms with Crippen molar-refractivity contribution < 1.29 is 4.74 Å². The van der Waals surface area contributed by atoms with Crippen LogP contribution in [0.2, 0.25) is 5.02 Å². The van der Waals surface area contributed by atoms with Crippen LogP contribution in [0.1, 0.15) is 35.6 Å². The molecule has 5 heteroatoms. The number of aromatic amines is 1. The summed E-state index contributed by atoms with van der Waals surface area (Å²) < 4.78 is 5.60. The fourth-order valence-electron chi connectivity index (χ4n) is 4.35. The van der Waals surface area contributed by atoms with Crippen LogP contribution in [0.5, 0.6) is 5.75 Å². The van der Waals surface area contributed by atoms with Crippen LogP contribution in [-0.4, -0.2) is 34.6 Å². The molecule has 2 aliphatic heterocycles. The molecule has 0 atom stereocenters. The molecule has 0 aliphatic carbocycles. The minimum absolute atomic E-state index is 0.612. The Kier molecular flexibility index (Phi) is 4.83. The molecule has 2 aliphatic rings. The lowest BCUT2D eigenvalue weighted by Gasteiger charge is -2.31. The molecule has 3 aromatic rings. The Morgan fingerprint density at radius 1 is 1.14 bits per heavy atom. The molecule has 4 nitrogen and oxygen atoms in total. The van der Waals surface area contributed by atoms with E-state index in [0.29, 0.717) is 5.92 Å². The molecular formula is C23H24ClN3O. The number of nitrogens with one attached hydrogen (secondary N) is 1. The summed E-state index contributed by atoms with van der Waals surface area (Å²) in [5.41, 5.74) is 4.96. The third-order valence-corrected chi connectivity index (χ3v) is 6.13. The highest BCUT2D eigenvalue weighted by Gasteiger charge is 2.21. The smallest absolute Gasteiger partial charge is 0.137 e. The maximum absolute atomic E-state index is 6.16. The summed E-state index contributed by atoms with van der Waals surface area (Å²) >= 11 is 6.16. The Hall–Kier alpha value is -2.30. The van der Waals surface area contributed by atoms with Crippen molar-refractivity contribution in [1.29, 1.82) is 0 Å². The molecule has 28 heavy (non-hydrogen) atoms. The van der Waals surface area contributed by atoms with E-state index < -0.39 is 0 Å². The molecule has 144 valence electrons. The largest absolute Gasteiger partial charge is 0.493 e. The number of ether oxygens (including phenoxy) is 1. The van der Waals surface area contributed by atoms with E-state index in [1.807, 2.05) is 12.3 Å². The van der Waals surface area contributed by atoms with E-state index in [4.69, 9.17) is 16.3 Å². The predicted octanol–water partition coefficient (Wildman–Crippen LogP) is 5.04. The minimum Gasteiger partial charge on any atom is -0.493 e. The van der Waals surface area contributed by atoms with E-state index in [1.165, 1.54) is 29.7 Å². The Labute approximate surface area is 170 Å². The van der Waals surface area contributed by atoms with Gasteiger partial charge in [-0.05, 0) is 73.3 Å². The quantitative estimate of drug-likeness (QED) is 0.674. The maximum Gasteiger partial charge on any atom is 0.137 e. The van der Waals surface area contributed by atoms with Gasteiger partial charge in [0.1, 0.15) is 11.6 Å². The highest BCUT2D eigenvalue weighted by Crippen LogP contribution is 2.31. The molecule has 1 fully saturated rings. The van der Waals surface area contributed by atoms with Gasteiger partial charge in [0, 0.05) is 35.4 Å². The van der Waals surface area contributed by atoms with Gasteiger partial charge in [-0.2, -0.15) is 0 Å². The topological polar surface area (TPSA) is 41.2 Å². The first-order valence-electron chi connectivity index (χ1n) is 10.0. The van der Waals surface area contributed by atoms with Crippen LogP contribution >= 0.6 is 11.6 Å². The summed E-state index contributed by atoms with van der Waals surface area (Å²) in [6.45, 7) is 3.90. The van der Waals surface area contributed by atoms with Crippen molar-refractivity contribution in [3.05, 3.63) is 70.5 Å². The number of imidazole rings is 1. The standard InChI is InChI=1S/C23H24ClN3O/c24-20-3-1-2-17(13-20)16-6-9-27(10-7-16)15-21-14-25-23(26-21)19-4-5-22-18(12-19)8-11-28-22/h1-5,12-14,16H,6-11,15H2,(H,25,26). The number of benzene rings is 2. The Morgan fingerprint density at radius 2 is 2.04 bits per heavy atom. The molecule has 3 heterocycles. The van der Waals surface area contributed by atoms with Crippen molar-refractivity contribution in [1.82, 2.24) is 14.9 Å². The minimum atomic E-state index is 0.612. The Morgan fingerprint density at radius 3 is 2.89 bits per heavy atom. The molecule has 1 N–H and O–H groups in total. The van der Waals surface area contributed by atoms with Crippen LogP contribution < -0.4 is 4.74 Å². The average molecular weight is 394 g/mol. The van der Waals surface area contributed by atoms with E-state index in [-0.39, 0.29) is 0 Å². The average Bonchev–Trinajstić information content (AvgIpc) is 3.37. The number of hydrogen-bond donors (Lipinski definition) is 1. The Balaban J connectivity index is 1.21. The van der Waals surface area contributed by atoms with E-state index in [1.54, 1.807) is 0 Å². The summed E-state index contributed by atoms with van der Waals surface area (Å²) in [7, 11) is 0. The number of aromatic nitrogens is 2. The fraction of sp³-hybridized carbons (Fsp3) is 0.348. The zero-order chi connectivity index (χ0) is 18.9. The van der Waals surface area contributed by atoms with Crippen LogP contribution in [0, 0.1) is 0 Å². The highest BCUT2D eigenvalue weighted by atomic mass is 35.5. The monoisotopic (exact) mass is 393 g/mol. The van der Waals surface area contributed by atoms with Crippen LogP contribution in [-0.2, 0) is 13.0 Å². The number of hydrogen-bond acceptors (Lipinski definition) is 3. The number of fused-ring (bicyclic) bond motifs is 1. The number of piperidine rings is 1. The van der Waals surface area contributed by atoms with Crippen molar-refractivity contribution >= 4 is 11.6 Å². The van der Waals surface area contributed by atoms with E-state index in [0.717, 1.165) is 54.8 Å². The van der Waals surface area contributed by atoms with Crippen molar-refractivity contribution in [2.45, 2.75) is 31.7 Å². The molecule has 1 saturated heterocycles. The third kappa shape index (κ3) is 3.67. The van der Waals surface area contributed by atoms with Gasteiger partial charge in [-0.25, -0.2) is 4.98 Å². The second kappa shape index (κ2) is 7.61. The molecule has 0 spiro atoms. The van der Waals surface area contributed by atoms with Gasteiger partial charge in [-0.3, -0.25) is 4.90 Å². The second-order valence-corrected chi connectivity index (χ2v) is 8.22. The highest BCUT2D eigenvalue weighted by molar-refractivity contribution is 6.30. The molecule has 0 saturated carbocycles. The lowest BCUT2D eigenvalue weighted by molar-refractivity contribution is 0.203. The summed E-state index contributed by atoms with van der Waals surface area (Å²) in [5.74, 6) is 2.57. The van der Waals surface area contributed by atoms with Crippen LogP contribution in [0.25, 0.3) is 11.4 Å². The molecule has 1 aromatic heterocycles. The van der Waals surface area contributed by atoms with Crippen molar-refractivity contribution in [3.63, 3.8) is 0 Å². The molecule has 0 unspecified atom stereocenters. The Bertz CT molecular complexity index is 975. The summed E-state index contributed by atoms with van der Waals surface area (Å²) in [5, 5.41) is 0.836. The van der Waals surface area contributed by atoms with Crippen LogP contribution in [0.4, 0.5) is 0 Å². The molecule has 0 amide bonds. The fourth-order valence-corrected chi connectivity index (χ4v) is 4.54. The van der Waals surface area contributed by atoms with E-state index in [2.05, 4.69) is 51.3 Å². The van der Waals surface area contributed by atoms with Gasteiger partial charge in [-0.15, -0.1) is 0 Å². The number of halogens is 1. The van der Waals surface area contributed by atoms with Crippen molar-refractivity contribution in [2.24, 2.45) is 0 Å². The predicted molar refractivity (Wildman–Crippen MR) is 112 cm³/mol. The van der Waals surface area contributed by atoms with Crippen LogP contribution in [0.15, 0.2) is 48.7 Å². The van der Waals surface area contributed by atoms with Crippen molar-refractivity contribution in [2.75, 3.05) is 19.7 Å². The van der Waals surface area contributed by atoms with Crippen LogP contribution in [0.3, 0.4) is 0 Å². The number of H-pyrrole nitrogens is 1. The molecule has 0 bridgehead atoms. The zero-order valence-electron chi connectivity index (χ0n) is 15.8. The van der Waals surface area contributed by atoms with Gasteiger partial charge in [0.2, 0.25) is 0 Å². The molecular weight excluding hydrogens is 370 g/mol. The number of nitrogens with zero attached hydrogens (tertiary/aromatic N) is 2. The van der Waals surface area contributed by atoms with Gasteiger partial charge in [0.05, 0.1) is 6.61 Å². The van der Waals surface area contributed by atoms with E-state index in [9.17, 15) is 0 Å². The molecule has 2 aromatic carbocycles.